The summed E-state index contributed by atoms with van der Waals surface area (Å²) in [7, 11) is -3.31. The summed E-state index contributed by atoms with van der Waals surface area (Å²) < 4.78 is 37.8. The van der Waals surface area contributed by atoms with E-state index < -0.39 is 16.8 Å². The monoisotopic (exact) mass is 602 g/mol. The summed E-state index contributed by atoms with van der Waals surface area (Å²) in [6.07, 6.45) is 0. The molecule has 0 radical (unpaired) electrons. The highest BCUT2D eigenvalue weighted by Crippen LogP contribution is 2.51. The van der Waals surface area contributed by atoms with E-state index in [0.717, 1.165) is 72.2 Å². The standard InChI is InChI=1S/C34H36O6P2/c1-19-11-23(5)31(37-41-35-9-10-36-41)27(15-19)28-16-20(2)12-24(6)32(28)38-42-39-33-25(7)13-21(3)17-29(33)30-18-22(4)14-26(8)34(30)40-42/h11-18H,9-10H2,1-8H3. The van der Waals surface area contributed by atoms with E-state index in [1.165, 1.54) is 11.1 Å². The molecule has 2 heterocycles. The van der Waals surface area contributed by atoms with Crippen LogP contribution >= 0.6 is 16.8 Å². The van der Waals surface area contributed by atoms with Gasteiger partial charge in [0.1, 0.15) is 22.7 Å². The first-order chi connectivity index (χ1) is 20.1. The molecule has 0 N–H and O–H groups in total. The lowest BCUT2D eigenvalue weighted by atomic mass is 9.95. The molecule has 4 aromatic carbocycles. The maximum atomic E-state index is 6.80. The minimum absolute atomic E-state index is 0.531. The Bertz CT molecular complexity index is 1820. The van der Waals surface area contributed by atoms with E-state index in [2.05, 4.69) is 97.0 Å². The molecule has 0 unspecified atom stereocenters. The van der Waals surface area contributed by atoms with E-state index in [1.807, 2.05) is 6.92 Å². The van der Waals surface area contributed by atoms with Gasteiger partial charge in [-0.2, -0.15) is 0 Å². The third-order valence-corrected chi connectivity index (χ3v) is 9.51. The predicted octanol–water partition coefficient (Wildman–Crippen LogP) is 10.9. The smallest absolute Gasteiger partial charge is 0.426 e. The maximum Gasteiger partial charge on any atom is 0.453 e. The van der Waals surface area contributed by atoms with Gasteiger partial charge in [-0.1, -0.05) is 24.3 Å². The van der Waals surface area contributed by atoms with E-state index in [0.29, 0.717) is 19.0 Å². The second kappa shape index (κ2) is 11.4. The van der Waals surface area contributed by atoms with Gasteiger partial charge in [0.2, 0.25) is 0 Å². The predicted molar refractivity (Wildman–Crippen MR) is 172 cm³/mol. The Morgan fingerprint density at radius 1 is 0.500 bits per heavy atom. The van der Waals surface area contributed by atoms with E-state index in [9.17, 15) is 0 Å². The minimum atomic E-state index is -1.86. The average Bonchev–Trinajstić information content (AvgIpc) is 3.37. The first-order valence-corrected chi connectivity index (χ1v) is 16.3. The van der Waals surface area contributed by atoms with Crippen molar-refractivity contribution in [3.05, 3.63) is 93.0 Å². The van der Waals surface area contributed by atoms with Crippen LogP contribution in [0.4, 0.5) is 0 Å². The highest BCUT2D eigenvalue weighted by Gasteiger charge is 2.26. The first kappa shape index (κ1) is 28.8. The SMILES string of the molecule is Cc1cc(C)c(OP2OCCO2)c(-c2cc(C)cc(C)c2Op2oc3c(C)cc(C)cc3c3cc(C)cc(C)c3o2)c1. The Morgan fingerprint density at radius 3 is 1.38 bits per heavy atom. The molecule has 5 aromatic rings. The van der Waals surface area contributed by atoms with Crippen LogP contribution in [0, 0.1) is 55.4 Å². The fourth-order valence-corrected chi connectivity index (χ4v) is 8.07. The van der Waals surface area contributed by atoms with E-state index in [4.69, 9.17) is 26.5 Å². The number of hydrogen-bond acceptors (Lipinski definition) is 6. The highest BCUT2D eigenvalue weighted by molar-refractivity contribution is 7.42. The lowest BCUT2D eigenvalue weighted by Crippen LogP contribution is -1.97. The van der Waals surface area contributed by atoms with Gasteiger partial charge >= 0.3 is 16.8 Å². The summed E-state index contributed by atoms with van der Waals surface area (Å²) in [6, 6.07) is 17.1. The molecule has 1 aromatic heterocycles. The average molecular weight is 603 g/mol. The summed E-state index contributed by atoms with van der Waals surface area (Å²) in [6.45, 7) is 17.7. The van der Waals surface area contributed by atoms with Crippen molar-refractivity contribution in [2.75, 3.05) is 13.2 Å². The lowest BCUT2D eigenvalue weighted by Gasteiger charge is -2.20. The van der Waals surface area contributed by atoms with E-state index in [-0.39, 0.29) is 0 Å². The molecular weight excluding hydrogens is 566 g/mol. The zero-order valence-electron chi connectivity index (χ0n) is 25.4. The zero-order valence-corrected chi connectivity index (χ0v) is 27.2. The Kier molecular flexibility index (Phi) is 7.85. The molecule has 0 spiro atoms. The number of benzene rings is 4. The van der Waals surface area contributed by atoms with Gasteiger partial charge < -0.3 is 26.5 Å². The molecule has 0 aliphatic carbocycles. The van der Waals surface area contributed by atoms with Crippen LogP contribution in [0.5, 0.6) is 11.5 Å². The Labute approximate surface area is 249 Å². The van der Waals surface area contributed by atoms with Crippen LogP contribution in [-0.2, 0) is 9.05 Å². The summed E-state index contributed by atoms with van der Waals surface area (Å²) >= 11 is 0. The summed E-state index contributed by atoms with van der Waals surface area (Å²) in [5, 5.41) is 2.04. The van der Waals surface area contributed by atoms with Gasteiger partial charge in [-0.25, -0.2) is 0 Å². The molecule has 0 atom stereocenters. The van der Waals surface area contributed by atoms with E-state index in [1.54, 1.807) is 0 Å². The molecular formula is C34H36O6P2. The Morgan fingerprint density at radius 2 is 0.905 bits per heavy atom. The fourth-order valence-electron chi connectivity index (χ4n) is 5.77. The van der Waals surface area contributed by atoms with Crippen molar-refractivity contribution in [3.8, 4) is 22.6 Å². The zero-order chi connectivity index (χ0) is 29.7. The van der Waals surface area contributed by atoms with Crippen LogP contribution in [0.15, 0.2) is 56.9 Å². The van der Waals surface area contributed by atoms with Crippen molar-refractivity contribution < 1.29 is 26.5 Å². The fraction of sp³-hybridized carbons (Fsp3) is 0.294. The molecule has 0 bridgehead atoms. The molecule has 1 fully saturated rings. The Hall–Kier alpha value is -3.27. The summed E-state index contributed by atoms with van der Waals surface area (Å²) in [4.78, 5) is 0. The molecule has 42 heavy (non-hydrogen) atoms. The van der Waals surface area contributed by atoms with Crippen molar-refractivity contribution in [3.63, 3.8) is 0 Å². The minimum Gasteiger partial charge on any atom is -0.426 e. The van der Waals surface area contributed by atoms with Crippen molar-refractivity contribution in [1.29, 1.82) is 0 Å². The van der Waals surface area contributed by atoms with Crippen LogP contribution in [0.3, 0.4) is 0 Å². The molecule has 1 aliphatic heterocycles. The topological polar surface area (TPSA) is 63.2 Å². The largest absolute Gasteiger partial charge is 0.453 e. The molecule has 8 heteroatoms. The molecule has 0 amide bonds. The van der Waals surface area contributed by atoms with Crippen molar-refractivity contribution >= 4 is 38.8 Å². The summed E-state index contributed by atoms with van der Waals surface area (Å²) in [5.41, 5.74) is 12.0. The second-order valence-corrected chi connectivity index (χ2v) is 13.5. The van der Waals surface area contributed by atoms with Gasteiger partial charge in [-0.05, 0) is 124 Å². The lowest BCUT2D eigenvalue weighted by molar-refractivity contribution is 0.353. The third kappa shape index (κ3) is 5.57. The van der Waals surface area contributed by atoms with Crippen LogP contribution in [0.25, 0.3) is 33.1 Å². The normalized spacial score (nSPS) is 13.7. The summed E-state index contributed by atoms with van der Waals surface area (Å²) in [5.74, 6) is 1.43. The number of aryl methyl sites for hydroxylation is 8. The second-order valence-electron chi connectivity index (χ2n) is 11.3. The van der Waals surface area contributed by atoms with Crippen LogP contribution < -0.4 is 9.05 Å². The number of fused-ring (bicyclic) bond motifs is 3. The molecule has 6 nitrogen and oxygen atoms in total. The number of rotatable bonds is 5. The van der Waals surface area contributed by atoms with Crippen LogP contribution in [-0.4, -0.2) is 13.2 Å². The molecule has 6 rings (SSSR count). The van der Waals surface area contributed by atoms with Gasteiger partial charge in [0.05, 0.1) is 13.2 Å². The maximum absolute atomic E-state index is 6.80. The molecule has 0 saturated carbocycles. The van der Waals surface area contributed by atoms with Gasteiger partial charge in [-0.3, -0.25) is 0 Å². The van der Waals surface area contributed by atoms with Gasteiger partial charge in [0.15, 0.2) is 0 Å². The van der Waals surface area contributed by atoms with Gasteiger partial charge in [0.25, 0.3) is 0 Å². The van der Waals surface area contributed by atoms with Crippen molar-refractivity contribution in [2.45, 2.75) is 55.4 Å². The Balaban J connectivity index is 1.59. The van der Waals surface area contributed by atoms with E-state index >= 15 is 0 Å². The van der Waals surface area contributed by atoms with Crippen molar-refractivity contribution in [2.24, 2.45) is 0 Å². The first-order valence-electron chi connectivity index (χ1n) is 14.1. The van der Waals surface area contributed by atoms with Crippen molar-refractivity contribution in [1.82, 2.24) is 0 Å². The quantitative estimate of drug-likeness (QED) is 0.187. The molecule has 1 aliphatic rings. The van der Waals surface area contributed by atoms with Gasteiger partial charge in [0, 0.05) is 21.9 Å². The number of hydrogen-bond donors (Lipinski definition) is 0. The van der Waals surface area contributed by atoms with Crippen LogP contribution in [0.2, 0.25) is 0 Å². The van der Waals surface area contributed by atoms with Gasteiger partial charge in [-0.15, -0.1) is 0 Å². The van der Waals surface area contributed by atoms with Crippen LogP contribution in [0.1, 0.15) is 44.5 Å². The molecule has 1 saturated heterocycles. The molecule has 218 valence electrons. The third-order valence-electron chi connectivity index (χ3n) is 7.40. The highest BCUT2D eigenvalue weighted by atomic mass is 31.2.